The summed E-state index contributed by atoms with van der Waals surface area (Å²) in [5.74, 6) is 0.740. The van der Waals surface area contributed by atoms with Crippen molar-refractivity contribution in [2.24, 2.45) is 5.73 Å². The molecule has 29 heavy (non-hydrogen) atoms. The van der Waals surface area contributed by atoms with E-state index in [-0.39, 0.29) is 27.5 Å². The first kappa shape index (κ1) is 21.3. The maximum Gasteiger partial charge on any atom is 0.340 e. The molecule has 0 unspecified atom stereocenters. The molecule has 9 heteroatoms. The second-order valence-electron chi connectivity index (χ2n) is 7.00. The number of likely N-dealkylation sites (tertiary alicyclic amines) is 1. The number of hydrogen-bond acceptors (Lipinski definition) is 5. The molecule has 1 aliphatic heterocycles. The molecule has 156 valence electrons. The molecule has 0 atom stereocenters. The SMILES string of the molecule is COc1c(OS(=O)(=O)c2ccccc2Cl)cc(C)cc1C1CCN(C(=N)N)CC1. The zero-order valence-corrected chi connectivity index (χ0v) is 17.9. The summed E-state index contributed by atoms with van der Waals surface area (Å²) in [7, 11) is -2.63. The Hall–Kier alpha value is -2.45. The largest absolute Gasteiger partial charge is 0.492 e. The predicted octanol–water partition coefficient (Wildman–Crippen LogP) is 3.50. The standard InChI is InChI=1S/C20H24ClN3O4S/c1-13-11-15(14-7-9-24(10-8-14)20(22)23)19(27-2)17(12-13)28-29(25,26)18-6-4-3-5-16(18)21/h3-6,11-12,14H,7-10H2,1-2H3,(H3,22,23). The molecule has 0 radical (unpaired) electrons. The fraction of sp³-hybridized carbons (Fsp3) is 0.350. The van der Waals surface area contributed by atoms with Gasteiger partial charge in [0.2, 0.25) is 0 Å². The third-order valence-electron chi connectivity index (χ3n) is 5.01. The normalized spacial score (nSPS) is 15.2. The van der Waals surface area contributed by atoms with E-state index in [1.807, 2.05) is 17.9 Å². The third kappa shape index (κ3) is 4.59. The monoisotopic (exact) mass is 437 g/mol. The molecule has 2 aromatic rings. The number of halogens is 1. The van der Waals surface area contributed by atoms with Crippen LogP contribution in [0.2, 0.25) is 5.02 Å². The van der Waals surface area contributed by atoms with Gasteiger partial charge >= 0.3 is 10.1 Å². The third-order valence-corrected chi connectivity index (χ3v) is 6.75. The molecule has 0 spiro atoms. The minimum Gasteiger partial charge on any atom is -0.492 e. The molecule has 1 saturated heterocycles. The molecule has 1 aliphatic rings. The molecule has 0 aliphatic carbocycles. The van der Waals surface area contributed by atoms with Crippen LogP contribution in [-0.4, -0.2) is 39.5 Å². The number of methoxy groups -OCH3 is 1. The van der Waals surface area contributed by atoms with Crippen molar-refractivity contribution in [3.8, 4) is 11.5 Å². The van der Waals surface area contributed by atoms with Crippen molar-refractivity contribution in [1.82, 2.24) is 4.90 Å². The lowest BCUT2D eigenvalue weighted by atomic mass is 9.88. The van der Waals surface area contributed by atoms with Gasteiger partial charge in [-0.1, -0.05) is 29.8 Å². The fourth-order valence-corrected chi connectivity index (χ4v) is 5.01. The Morgan fingerprint density at radius 2 is 1.90 bits per heavy atom. The smallest absolute Gasteiger partial charge is 0.340 e. The van der Waals surface area contributed by atoms with Crippen LogP contribution in [-0.2, 0) is 10.1 Å². The average molecular weight is 438 g/mol. The molecule has 0 amide bonds. The van der Waals surface area contributed by atoms with Crippen LogP contribution in [0.1, 0.15) is 29.9 Å². The van der Waals surface area contributed by atoms with Gasteiger partial charge in [-0.2, -0.15) is 8.42 Å². The average Bonchev–Trinajstić information content (AvgIpc) is 2.67. The highest BCUT2D eigenvalue weighted by atomic mass is 35.5. The maximum atomic E-state index is 12.8. The number of nitrogens with two attached hydrogens (primary N) is 1. The summed E-state index contributed by atoms with van der Waals surface area (Å²) in [4.78, 5) is 1.72. The van der Waals surface area contributed by atoms with Crippen LogP contribution in [0.25, 0.3) is 0 Å². The lowest BCUT2D eigenvalue weighted by Crippen LogP contribution is -2.41. The zero-order valence-electron chi connectivity index (χ0n) is 16.3. The van der Waals surface area contributed by atoms with Crippen LogP contribution in [0, 0.1) is 12.3 Å². The second-order valence-corrected chi connectivity index (χ2v) is 8.92. The van der Waals surface area contributed by atoms with E-state index in [1.54, 1.807) is 18.2 Å². The summed E-state index contributed by atoms with van der Waals surface area (Å²) >= 11 is 6.05. The number of aryl methyl sites for hydroxylation is 1. The van der Waals surface area contributed by atoms with E-state index in [9.17, 15) is 8.42 Å². The summed E-state index contributed by atoms with van der Waals surface area (Å²) in [5, 5.41) is 7.68. The fourth-order valence-electron chi connectivity index (χ4n) is 3.59. The summed E-state index contributed by atoms with van der Waals surface area (Å²) in [5.41, 5.74) is 7.33. The van der Waals surface area contributed by atoms with Crippen LogP contribution in [0.4, 0.5) is 0 Å². The number of guanidine groups is 1. The summed E-state index contributed by atoms with van der Waals surface area (Å²) in [6, 6.07) is 9.77. The van der Waals surface area contributed by atoms with Crippen molar-refractivity contribution < 1.29 is 17.3 Å². The van der Waals surface area contributed by atoms with Crippen molar-refractivity contribution in [2.45, 2.75) is 30.6 Å². The van der Waals surface area contributed by atoms with Crippen LogP contribution in [0.5, 0.6) is 11.5 Å². The lowest BCUT2D eigenvalue weighted by Gasteiger charge is -2.33. The number of nitrogens with zero attached hydrogens (tertiary/aromatic N) is 1. The van der Waals surface area contributed by atoms with E-state index in [0.29, 0.717) is 18.8 Å². The first-order valence-corrected chi connectivity index (χ1v) is 11.0. The van der Waals surface area contributed by atoms with Crippen molar-refractivity contribution in [2.75, 3.05) is 20.2 Å². The van der Waals surface area contributed by atoms with Crippen LogP contribution < -0.4 is 14.7 Å². The molecule has 2 aromatic carbocycles. The highest BCUT2D eigenvalue weighted by molar-refractivity contribution is 7.87. The van der Waals surface area contributed by atoms with Gasteiger partial charge in [0, 0.05) is 18.7 Å². The van der Waals surface area contributed by atoms with E-state index in [4.69, 9.17) is 31.7 Å². The number of benzene rings is 2. The van der Waals surface area contributed by atoms with Crippen LogP contribution >= 0.6 is 11.6 Å². The summed E-state index contributed by atoms with van der Waals surface area (Å²) < 4.78 is 36.6. The Morgan fingerprint density at radius 3 is 2.48 bits per heavy atom. The Balaban J connectivity index is 1.95. The van der Waals surface area contributed by atoms with E-state index in [2.05, 4.69) is 0 Å². The van der Waals surface area contributed by atoms with Crippen molar-refractivity contribution in [3.05, 3.63) is 52.5 Å². The van der Waals surface area contributed by atoms with Gasteiger partial charge in [0.15, 0.2) is 17.5 Å². The molecule has 0 bridgehead atoms. The molecule has 3 rings (SSSR count). The van der Waals surface area contributed by atoms with Gasteiger partial charge < -0.3 is 19.6 Å². The first-order valence-electron chi connectivity index (χ1n) is 9.19. The van der Waals surface area contributed by atoms with Crippen molar-refractivity contribution in [1.29, 1.82) is 5.41 Å². The second kappa shape index (κ2) is 8.51. The van der Waals surface area contributed by atoms with Gasteiger partial charge in [0.25, 0.3) is 0 Å². The molecule has 1 heterocycles. The van der Waals surface area contributed by atoms with E-state index < -0.39 is 10.1 Å². The summed E-state index contributed by atoms with van der Waals surface area (Å²) in [6.45, 7) is 3.19. The molecule has 0 saturated carbocycles. The molecule has 0 aromatic heterocycles. The lowest BCUT2D eigenvalue weighted by molar-refractivity contribution is 0.301. The predicted molar refractivity (Wildman–Crippen MR) is 112 cm³/mol. The molecular formula is C20H24ClN3O4S. The Bertz CT molecular complexity index is 1020. The van der Waals surface area contributed by atoms with Crippen molar-refractivity contribution >= 4 is 27.7 Å². The summed E-state index contributed by atoms with van der Waals surface area (Å²) in [6.07, 6.45) is 1.55. The topological polar surface area (TPSA) is 106 Å². The quantitative estimate of drug-likeness (QED) is 0.421. The highest BCUT2D eigenvalue weighted by Gasteiger charge is 2.28. The Kier molecular flexibility index (Phi) is 6.24. The van der Waals surface area contributed by atoms with E-state index in [0.717, 1.165) is 24.0 Å². The van der Waals surface area contributed by atoms with E-state index >= 15 is 0 Å². The number of ether oxygens (including phenoxy) is 1. The molecule has 1 fully saturated rings. The minimum absolute atomic E-state index is 0.0644. The molecule has 7 nitrogen and oxygen atoms in total. The van der Waals surface area contributed by atoms with Gasteiger partial charge in [0.05, 0.1) is 12.1 Å². The Morgan fingerprint density at radius 1 is 1.24 bits per heavy atom. The van der Waals surface area contributed by atoms with Gasteiger partial charge in [-0.3, -0.25) is 5.41 Å². The highest BCUT2D eigenvalue weighted by Crippen LogP contribution is 2.42. The first-order chi connectivity index (χ1) is 13.7. The minimum atomic E-state index is -4.13. The van der Waals surface area contributed by atoms with E-state index in [1.165, 1.54) is 19.2 Å². The zero-order chi connectivity index (χ0) is 21.2. The molecule has 3 N–H and O–H groups in total. The van der Waals surface area contributed by atoms with Crippen molar-refractivity contribution in [3.63, 3.8) is 0 Å². The number of nitrogens with one attached hydrogen (secondary N) is 1. The van der Waals surface area contributed by atoms with Gasteiger partial charge in [-0.25, -0.2) is 0 Å². The number of piperidine rings is 1. The Labute approximate surface area is 176 Å². The van der Waals surface area contributed by atoms with Gasteiger partial charge in [0.1, 0.15) is 4.90 Å². The maximum absolute atomic E-state index is 12.8. The van der Waals surface area contributed by atoms with Crippen LogP contribution in [0.15, 0.2) is 41.3 Å². The number of rotatable bonds is 5. The van der Waals surface area contributed by atoms with Gasteiger partial charge in [-0.05, 0) is 49.4 Å². The molecular weight excluding hydrogens is 414 g/mol. The van der Waals surface area contributed by atoms with Crippen LogP contribution in [0.3, 0.4) is 0 Å². The number of hydrogen-bond donors (Lipinski definition) is 2. The van der Waals surface area contributed by atoms with Gasteiger partial charge in [-0.15, -0.1) is 0 Å².